The summed E-state index contributed by atoms with van der Waals surface area (Å²) in [6.07, 6.45) is 0. The fraction of sp³-hybridized carbons (Fsp3) is 0.250. The number of hydrogen-bond donors (Lipinski definition) is 1. The van der Waals surface area contributed by atoms with Crippen molar-refractivity contribution in [3.8, 4) is 5.75 Å². The van der Waals surface area contributed by atoms with E-state index in [1.165, 1.54) is 0 Å². The lowest BCUT2D eigenvalue weighted by molar-refractivity contribution is 0.118. The van der Waals surface area contributed by atoms with E-state index in [2.05, 4.69) is 41.2 Å². The molecule has 2 aromatic rings. The minimum atomic E-state index is -0.368. The molecule has 0 radical (unpaired) electrons. The molecule has 0 spiro atoms. The molecule has 2 nitrogen and oxygen atoms in total. The van der Waals surface area contributed by atoms with E-state index >= 15 is 0 Å². The Morgan fingerprint density at radius 3 is 2.57 bits per heavy atom. The van der Waals surface area contributed by atoms with Crippen molar-refractivity contribution in [3.05, 3.63) is 56.5 Å². The van der Waals surface area contributed by atoms with Crippen molar-refractivity contribution in [1.29, 1.82) is 0 Å². The largest absolute Gasteiger partial charge is 0.485 e. The second-order valence-electron chi connectivity index (χ2n) is 5.54. The number of hydrogen-bond acceptors (Lipinski definition) is 2. The van der Waals surface area contributed by atoms with Crippen molar-refractivity contribution in [1.82, 2.24) is 0 Å². The van der Waals surface area contributed by atoms with Crippen molar-refractivity contribution in [2.75, 3.05) is 5.32 Å². The van der Waals surface area contributed by atoms with Crippen LogP contribution in [0.3, 0.4) is 0 Å². The topological polar surface area (TPSA) is 21.3 Å². The Labute approximate surface area is 142 Å². The van der Waals surface area contributed by atoms with E-state index in [0.717, 1.165) is 21.5 Å². The van der Waals surface area contributed by atoms with Crippen LogP contribution in [0.25, 0.3) is 0 Å². The number of halogens is 3. The van der Waals surface area contributed by atoms with Crippen LogP contribution in [-0.4, -0.2) is 5.60 Å². The van der Waals surface area contributed by atoms with Gasteiger partial charge < -0.3 is 10.1 Å². The number of anilines is 1. The van der Waals surface area contributed by atoms with Crippen LogP contribution in [0, 0.1) is 0 Å². The maximum atomic E-state index is 6.33. The molecule has 0 fully saturated rings. The number of fused-ring (bicyclic) bond motifs is 1. The lowest BCUT2D eigenvalue weighted by atomic mass is 9.94. The fourth-order valence-corrected chi connectivity index (χ4v) is 3.40. The highest BCUT2D eigenvalue weighted by Crippen LogP contribution is 2.46. The summed E-state index contributed by atoms with van der Waals surface area (Å²) in [5.74, 6) is 0.902. The minimum Gasteiger partial charge on any atom is -0.485 e. The quantitative estimate of drug-likeness (QED) is 0.631. The second kappa shape index (κ2) is 5.38. The fourth-order valence-electron chi connectivity index (χ4n) is 2.57. The third-order valence-electron chi connectivity index (χ3n) is 3.63. The van der Waals surface area contributed by atoms with Crippen LogP contribution in [0.2, 0.25) is 10.0 Å². The van der Waals surface area contributed by atoms with Crippen LogP contribution in [0.1, 0.15) is 25.5 Å². The smallest absolute Gasteiger partial charge is 0.128 e. The molecule has 2 aromatic carbocycles. The molecule has 0 aromatic heterocycles. The van der Waals surface area contributed by atoms with Gasteiger partial charge in [-0.05, 0) is 48.0 Å². The summed E-state index contributed by atoms with van der Waals surface area (Å²) in [5, 5.41) is 4.47. The predicted octanol–water partition coefficient (Wildman–Crippen LogP) is 6.08. The molecule has 0 saturated carbocycles. The van der Waals surface area contributed by atoms with Crippen molar-refractivity contribution >= 4 is 44.8 Å². The highest BCUT2D eigenvalue weighted by atomic mass is 79.9. The van der Waals surface area contributed by atoms with E-state index < -0.39 is 0 Å². The Balaban J connectivity index is 2.00. The van der Waals surface area contributed by atoms with E-state index in [-0.39, 0.29) is 11.6 Å². The molecule has 3 rings (SSSR count). The molecule has 1 heterocycles. The Hall–Kier alpha value is -0.900. The van der Waals surface area contributed by atoms with Gasteiger partial charge in [0.25, 0.3) is 0 Å². The van der Waals surface area contributed by atoms with E-state index in [1.54, 1.807) is 0 Å². The maximum Gasteiger partial charge on any atom is 0.128 e. The first kappa shape index (κ1) is 15.0. The lowest BCUT2D eigenvalue weighted by Crippen LogP contribution is -2.34. The predicted molar refractivity (Wildman–Crippen MR) is 91.7 cm³/mol. The summed E-state index contributed by atoms with van der Waals surface area (Å²) >= 11 is 15.9. The molecule has 1 unspecified atom stereocenters. The average molecular weight is 387 g/mol. The van der Waals surface area contributed by atoms with Crippen molar-refractivity contribution in [2.24, 2.45) is 0 Å². The number of ether oxygens (including phenoxy) is 1. The summed E-state index contributed by atoms with van der Waals surface area (Å²) in [7, 11) is 0. The molecule has 1 atom stereocenters. The van der Waals surface area contributed by atoms with Gasteiger partial charge in [-0.2, -0.15) is 0 Å². The van der Waals surface area contributed by atoms with Crippen molar-refractivity contribution in [2.45, 2.75) is 25.5 Å². The molecule has 110 valence electrons. The maximum absolute atomic E-state index is 6.33. The Kier molecular flexibility index (Phi) is 3.85. The summed E-state index contributed by atoms with van der Waals surface area (Å²) in [4.78, 5) is 0. The zero-order valence-electron chi connectivity index (χ0n) is 11.6. The Morgan fingerprint density at radius 2 is 1.81 bits per heavy atom. The summed E-state index contributed by atoms with van der Waals surface area (Å²) in [6, 6.07) is 11.8. The number of nitrogens with one attached hydrogen (secondary N) is 1. The summed E-state index contributed by atoms with van der Waals surface area (Å²) in [6.45, 7) is 4.11. The van der Waals surface area contributed by atoms with Crippen LogP contribution in [-0.2, 0) is 0 Å². The third-order valence-corrected chi connectivity index (χ3v) is 5.40. The molecular formula is C16H14BrCl2NO. The molecular weight excluding hydrogens is 373 g/mol. The van der Waals surface area contributed by atoms with Gasteiger partial charge in [-0.25, -0.2) is 0 Å². The first-order chi connectivity index (χ1) is 9.90. The average Bonchev–Trinajstić information content (AvgIpc) is 2.70. The molecule has 0 bridgehead atoms. The lowest BCUT2D eigenvalue weighted by Gasteiger charge is -2.28. The summed E-state index contributed by atoms with van der Waals surface area (Å²) < 4.78 is 6.80. The monoisotopic (exact) mass is 385 g/mol. The first-order valence-electron chi connectivity index (χ1n) is 6.58. The van der Waals surface area contributed by atoms with Crippen molar-refractivity contribution in [3.63, 3.8) is 0 Å². The van der Waals surface area contributed by atoms with Crippen LogP contribution < -0.4 is 10.1 Å². The van der Waals surface area contributed by atoms with Gasteiger partial charge in [0, 0.05) is 10.0 Å². The molecule has 21 heavy (non-hydrogen) atoms. The highest BCUT2D eigenvalue weighted by Gasteiger charge is 2.41. The molecule has 1 aliphatic heterocycles. The molecule has 1 aliphatic rings. The van der Waals surface area contributed by atoms with Gasteiger partial charge in [-0.3, -0.25) is 0 Å². The normalized spacial score (nSPS) is 19.0. The Morgan fingerprint density at radius 1 is 1.10 bits per heavy atom. The van der Waals surface area contributed by atoms with E-state index in [0.29, 0.717) is 10.0 Å². The van der Waals surface area contributed by atoms with Gasteiger partial charge in [0.15, 0.2) is 0 Å². The highest BCUT2D eigenvalue weighted by molar-refractivity contribution is 9.10. The van der Waals surface area contributed by atoms with Crippen LogP contribution >= 0.6 is 39.1 Å². The number of para-hydroxylation sites is 1. The first-order valence-corrected chi connectivity index (χ1v) is 8.13. The van der Waals surface area contributed by atoms with Crippen LogP contribution in [0.4, 0.5) is 5.69 Å². The molecule has 1 N–H and O–H groups in total. The van der Waals surface area contributed by atoms with E-state index in [1.807, 2.05) is 30.3 Å². The standard InChI is InChI=1S/C16H14BrCl2NO/c1-16(2)15(9-5-3-4-6-12(9)21-16)20-11-8-7-10(17)13(18)14(11)19/h3-8,15,20H,1-2H3. The molecule has 0 amide bonds. The second-order valence-corrected chi connectivity index (χ2v) is 7.15. The van der Waals surface area contributed by atoms with E-state index in [9.17, 15) is 0 Å². The summed E-state index contributed by atoms with van der Waals surface area (Å²) in [5.41, 5.74) is 1.55. The van der Waals surface area contributed by atoms with Gasteiger partial charge in [0.1, 0.15) is 11.4 Å². The third kappa shape index (κ3) is 2.63. The zero-order valence-corrected chi connectivity index (χ0v) is 14.7. The SMILES string of the molecule is CC1(C)Oc2ccccc2C1Nc1ccc(Br)c(Cl)c1Cl. The van der Waals surface area contributed by atoms with Crippen molar-refractivity contribution < 1.29 is 4.74 Å². The Bertz CT molecular complexity index is 703. The number of rotatable bonds is 2. The minimum absolute atomic E-state index is 0.00319. The molecule has 0 saturated heterocycles. The van der Waals surface area contributed by atoms with Gasteiger partial charge in [0.05, 0.1) is 21.8 Å². The van der Waals surface area contributed by atoms with Gasteiger partial charge in [-0.1, -0.05) is 41.4 Å². The van der Waals surface area contributed by atoms with E-state index in [4.69, 9.17) is 27.9 Å². The van der Waals surface area contributed by atoms with Gasteiger partial charge in [0.2, 0.25) is 0 Å². The van der Waals surface area contributed by atoms with Crippen LogP contribution in [0.15, 0.2) is 40.9 Å². The molecule has 5 heteroatoms. The van der Waals surface area contributed by atoms with Crippen LogP contribution in [0.5, 0.6) is 5.75 Å². The number of benzene rings is 2. The van der Waals surface area contributed by atoms with Gasteiger partial charge in [-0.15, -0.1) is 0 Å². The molecule has 0 aliphatic carbocycles. The zero-order chi connectivity index (χ0) is 15.2. The van der Waals surface area contributed by atoms with Gasteiger partial charge >= 0.3 is 0 Å².